The maximum absolute atomic E-state index is 12.4. The summed E-state index contributed by atoms with van der Waals surface area (Å²) in [6, 6.07) is 6.74. The van der Waals surface area contributed by atoms with E-state index in [1.807, 2.05) is 4.90 Å². The second-order valence-corrected chi connectivity index (χ2v) is 4.93. The van der Waals surface area contributed by atoms with Crippen LogP contribution in [0.1, 0.15) is 5.56 Å². The molecule has 0 radical (unpaired) electrons. The fourth-order valence-electron chi connectivity index (χ4n) is 2.38. The number of alkyl halides is 2. The summed E-state index contributed by atoms with van der Waals surface area (Å²) in [7, 11) is 0. The predicted molar refractivity (Wildman–Crippen MR) is 72.4 cm³/mol. The molecule has 21 heavy (non-hydrogen) atoms. The second kappa shape index (κ2) is 7.33. The molecule has 2 rings (SSSR count). The zero-order chi connectivity index (χ0) is 15.2. The molecule has 0 bridgehead atoms. The lowest BCUT2D eigenvalue weighted by atomic mass is 10.1. The van der Waals surface area contributed by atoms with Crippen LogP contribution in [0.2, 0.25) is 0 Å². The lowest BCUT2D eigenvalue weighted by molar-refractivity contribution is -0.138. The number of piperazine rings is 1. The van der Waals surface area contributed by atoms with Crippen molar-refractivity contribution in [2.24, 2.45) is 0 Å². The average molecular weight is 300 g/mol. The molecule has 1 fully saturated rings. The van der Waals surface area contributed by atoms with Gasteiger partial charge in [-0.3, -0.25) is 14.6 Å². The van der Waals surface area contributed by atoms with E-state index in [0.717, 1.165) is 0 Å². The number of carbonyl (C=O) groups is 1. The topological polar surface area (TPSA) is 53.0 Å². The Balaban J connectivity index is 1.90. The number of halogens is 2. The molecule has 0 atom stereocenters. The molecular weight excluding hydrogens is 282 g/mol. The van der Waals surface area contributed by atoms with Crippen LogP contribution in [-0.2, 0) is 11.3 Å². The molecule has 116 valence electrons. The zero-order valence-corrected chi connectivity index (χ0v) is 11.5. The number of hydrogen-bond acceptors (Lipinski definition) is 4. The van der Waals surface area contributed by atoms with E-state index >= 15 is 0 Å². The first-order valence-electron chi connectivity index (χ1n) is 6.74. The molecule has 0 aliphatic carbocycles. The Morgan fingerprint density at radius 3 is 2.43 bits per heavy atom. The van der Waals surface area contributed by atoms with Gasteiger partial charge in [0.2, 0.25) is 0 Å². The lowest BCUT2D eigenvalue weighted by Crippen LogP contribution is -2.47. The van der Waals surface area contributed by atoms with Gasteiger partial charge in [0.1, 0.15) is 5.75 Å². The second-order valence-electron chi connectivity index (χ2n) is 4.93. The summed E-state index contributed by atoms with van der Waals surface area (Å²) in [6.07, 6.45) is 0. The van der Waals surface area contributed by atoms with Crippen molar-refractivity contribution in [2.75, 3.05) is 32.7 Å². The third kappa shape index (κ3) is 4.95. The number of nitrogens with zero attached hydrogens (tertiary/aromatic N) is 2. The first kappa shape index (κ1) is 15.7. The minimum absolute atomic E-state index is 0.0406. The summed E-state index contributed by atoms with van der Waals surface area (Å²) in [5.74, 6) is -0.639. The summed E-state index contributed by atoms with van der Waals surface area (Å²) >= 11 is 0. The van der Waals surface area contributed by atoms with E-state index < -0.39 is 12.6 Å². The lowest BCUT2D eigenvalue weighted by Gasteiger charge is -2.34. The highest BCUT2D eigenvalue weighted by atomic mass is 19.3. The molecule has 5 nitrogen and oxygen atoms in total. The minimum atomic E-state index is -2.83. The Bertz CT molecular complexity index is 477. The van der Waals surface area contributed by atoms with Gasteiger partial charge < -0.3 is 9.84 Å². The molecule has 1 N–H and O–H groups in total. The molecule has 0 unspecified atom stereocenters. The number of para-hydroxylation sites is 1. The Labute approximate surface area is 121 Å². The number of hydrogen-bond donors (Lipinski definition) is 1. The van der Waals surface area contributed by atoms with Crippen LogP contribution in [0.25, 0.3) is 0 Å². The largest absolute Gasteiger partial charge is 0.480 e. The van der Waals surface area contributed by atoms with Gasteiger partial charge in [0.15, 0.2) is 0 Å². The third-order valence-electron chi connectivity index (χ3n) is 3.41. The van der Waals surface area contributed by atoms with Crippen molar-refractivity contribution in [3.05, 3.63) is 29.8 Å². The number of rotatable bonds is 6. The van der Waals surface area contributed by atoms with Gasteiger partial charge in [-0.1, -0.05) is 18.2 Å². The van der Waals surface area contributed by atoms with Crippen LogP contribution >= 0.6 is 0 Å². The highest BCUT2D eigenvalue weighted by Crippen LogP contribution is 2.22. The smallest absolute Gasteiger partial charge is 0.387 e. The summed E-state index contributed by atoms with van der Waals surface area (Å²) in [4.78, 5) is 14.6. The molecule has 7 heteroatoms. The van der Waals surface area contributed by atoms with Gasteiger partial charge in [-0.05, 0) is 6.07 Å². The molecule has 1 aliphatic rings. The Hall–Kier alpha value is -1.73. The fraction of sp³-hybridized carbons (Fsp3) is 0.500. The maximum Gasteiger partial charge on any atom is 0.387 e. The molecule has 0 amide bonds. The Morgan fingerprint density at radius 1 is 1.19 bits per heavy atom. The van der Waals surface area contributed by atoms with Crippen LogP contribution < -0.4 is 4.74 Å². The van der Waals surface area contributed by atoms with Crippen LogP contribution in [0.5, 0.6) is 5.75 Å². The van der Waals surface area contributed by atoms with Gasteiger partial charge in [0, 0.05) is 38.3 Å². The highest BCUT2D eigenvalue weighted by molar-refractivity contribution is 5.69. The molecule has 1 aromatic carbocycles. The molecule has 0 saturated carbocycles. The van der Waals surface area contributed by atoms with Gasteiger partial charge in [0.05, 0.1) is 6.54 Å². The van der Waals surface area contributed by atoms with Crippen molar-refractivity contribution < 1.29 is 23.4 Å². The molecule has 1 heterocycles. The van der Waals surface area contributed by atoms with E-state index in [1.165, 1.54) is 6.07 Å². The van der Waals surface area contributed by atoms with E-state index in [0.29, 0.717) is 38.3 Å². The number of benzene rings is 1. The van der Waals surface area contributed by atoms with Gasteiger partial charge >= 0.3 is 12.6 Å². The first-order chi connectivity index (χ1) is 10.0. The van der Waals surface area contributed by atoms with E-state index in [9.17, 15) is 13.6 Å². The van der Waals surface area contributed by atoms with Gasteiger partial charge in [-0.15, -0.1) is 0 Å². The molecule has 1 aliphatic heterocycles. The van der Waals surface area contributed by atoms with Crippen molar-refractivity contribution in [2.45, 2.75) is 13.2 Å². The third-order valence-corrected chi connectivity index (χ3v) is 3.41. The number of aliphatic carboxylic acids is 1. The first-order valence-corrected chi connectivity index (χ1v) is 6.74. The predicted octanol–water partition coefficient (Wildman–Crippen LogP) is 1.49. The highest BCUT2D eigenvalue weighted by Gasteiger charge is 2.20. The summed E-state index contributed by atoms with van der Waals surface area (Å²) in [6.45, 7) is 0.447. The van der Waals surface area contributed by atoms with E-state index in [4.69, 9.17) is 5.11 Å². The standard InChI is InChI=1S/C14H18F2N2O3/c15-14(16)21-12-4-2-1-3-11(12)9-17-5-7-18(8-6-17)10-13(19)20/h1-4,14H,5-10H2,(H,19,20). The van der Waals surface area contributed by atoms with Gasteiger partial charge in [-0.2, -0.15) is 8.78 Å². The van der Waals surface area contributed by atoms with Crippen molar-refractivity contribution in [1.82, 2.24) is 9.80 Å². The average Bonchev–Trinajstić information content (AvgIpc) is 2.42. The van der Waals surface area contributed by atoms with Crippen molar-refractivity contribution >= 4 is 5.97 Å². The molecule has 1 aromatic rings. The monoisotopic (exact) mass is 300 g/mol. The number of carboxylic acid groups (broad SMARTS) is 1. The number of carboxylic acids is 1. The van der Waals surface area contributed by atoms with Crippen LogP contribution in [-0.4, -0.2) is 60.2 Å². The maximum atomic E-state index is 12.4. The van der Waals surface area contributed by atoms with Crippen LogP contribution in [0.4, 0.5) is 8.78 Å². The molecule has 0 spiro atoms. The normalized spacial score (nSPS) is 17.1. The Kier molecular flexibility index (Phi) is 5.46. The van der Waals surface area contributed by atoms with Crippen molar-refractivity contribution in [1.29, 1.82) is 0 Å². The Morgan fingerprint density at radius 2 is 1.81 bits per heavy atom. The number of ether oxygens (including phenoxy) is 1. The van der Waals surface area contributed by atoms with E-state index in [2.05, 4.69) is 9.64 Å². The van der Waals surface area contributed by atoms with Gasteiger partial charge in [-0.25, -0.2) is 0 Å². The van der Waals surface area contributed by atoms with Crippen LogP contribution in [0.3, 0.4) is 0 Å². The van der Waals surface area contributed by atoms with E-state index in [-0.39, 0.29) is 12.3 Å². The van der Waals surface area contributed by atoms with Crippen LogP contribution in [0, 0.1) is 0 Å². The van der Waals surface area contributed by atoms with Crippen molar-refractivity contribution in [3.8, 4) is 5.75 Å². The quantitative estimate of drug-likeness (QED) is 0.862. The molecule has 1 saturated heterocycles. The van der Waals surface area contributed by atoms with Gasteiger partial charge in [0.25, 0.3) is 0 Å². The summed E-state index contributed by atoms with van der Waals surface area (Å²) in [5.41, 5.74) is 0.712. The molecular formula is C14H18F2N2O3. The zero-order valence-electron chi connectivity index (χ0n) is 11.5. The van der Waals surface area contributed by atoms with Crippen LogP contribution in [0.15, 0.2) is 24.3 Å². The summed E-state index contributed by atoms with van der Waals surface area (Å²) < 4.78 is 29.2. The fourth-order valence-corrected chi connectivity index (χ4v) is 2.38. The molecule has 0 aromatic heterocycles. The van der Waals surface area contributed by atoms with E-state index in [1.54, 1.807) is 18.2 Å². The summed E-state index contributed by atoms with van der Waals surface area (Å²) in [5, 5.41) is 8.74. The van der Waals surface area contributed by atoms with Crippen molar-refractivity contribution in [3.63, 3.8) is 0 Å². The minimum Gasteiger partial charge on any atom is -0.480 e. The SMILES string of the molecule is O=C(O)CN1CCN(Cc2ccccc2OC(F)F)CC1.